The number of amides is 1. The number of piperazine rings is 1. The monoisotopic (exact) mass is 470 g/mol. The third-order valence-electron chi connectivity index (χ3n) is 4.96. The summed E-state index contributed by atoms with van der Waals surface area (Å²) in [7, 11) is -3.79. The third-order valence-corrected chi connectivity index (χ3v) is 7.57. The van der Waals surface area contributed by atoms with Crippen LogP contribution in [-0.4, -0.2) is 56.3 Å². The third kappa shape index (κ3) is 4.63. The summed E-state index contributed by atoms with van der Waals surface area (Å²) in [5.74, 6) is 0.365. The summed E-state index contributed by atoms with van der Waals surface area (Å²) in [6.45, 7) is 4.67. The Kier molecular flexibility index (Phi) is 6.75. The highest BCUT2D eigenvalue weighted by atomic mass is 35.5. The Morgan fingerprint density at radius 1 is 1.23 bits per heavy atom. The molecular weight excluding hydrogens is 451 g/mol. The topological polar surface area (TPSA) is 107 Å². The zero-order chi connectivity index (χ0) is 22.1. The molecule has 1 aliphatic heterocycles. The molecule has 160 valence electrons. The van der Waals surface area contributed by atoms with E-state index >= 15 is 0 Å². The number of hydrogen-bond acceptors (Lipinski definition) is 6. The summed E-state index contributed by atoms with van der Waals surface area (Å²) in [5, 5.41) is 12.2. The minimum atomic E-state index is -3.79. The van der Waals surface area contributed by atoms with Crippen molar-refractivity contribution in [2.45, 2.75) is 18.7 Å². The Labute approximate surface area is 185 Å². The average molecular weight is 471 g/mol. The van der Waals surface area contributed by atoms with Crippen LogP contribution in [0.2, 0.25) is 10.0 Å². The van der Waals surface area contributed by atoms with Crippen LogP contribution in [0.3, 0.4) is 0 Å². The van der Waals surface area contributed by atoms with E-state index < -0.39 is 10.0 Å². The first-order valence-corrected chi connectivity index (χ1v) is 11.3. The predicted molar refractivity (Wildman–Crippen MR) is 113 cm³/mol. The number of rotatable bonds is 5. The second kappa shape index (κ2) is 8.96. The van der Waals surface area contributed by atoms with Gasteiger partial charge in [0.25, 0.3) is 0 Å². The van der Waals surface area contributed by atoms with Crippen LogP contribution >= 0.6 is 23.2 Å². The molecule has 11 heteroatoms. The van der Waals surface area contributed by atoms with E-state index in [1.807, 2.05) is 11.0 Å². The number of sulfonamides is 1. The Balaban J connectivity index is 1.61. The SMILES string of the molecule is Cc1oc(NC(=O)CN2CCN(S(=O)(=O)c3cc(Cl)ccc3Cl)CC2)c(C#N)c1C. The molecule has 3 rings (SSSR count). The van der Waals surface area contributed by atoms with Crippen molar-refractivity contribution in [1.82, 2.24) is 9.21 Å². The van der Waals surface area contributed by atoms with E-state index in [2.05, 4.69) is 5.32 Å². The summed E-state index contributed by atoms with van der Waals surface area (Å²) in [5.41, 5.74) is 0.987. The second-order valence-electron chi connectivity index (χ2n) is 6.90. The van der Waals surface area contributed by atoms with Gasteiger partial charge in [-0.2, -0.15) is 9.57 Å². The number of aryl methyl sites for hydroxylation is 1. The maximum absolute atomic E-state index is 12.9. The summed E-state index contributed by atoms with van der Waals surface area (Å²) in [6.07, 6.45) is 0. The van der Waals surface area contributed by atoms with E-state index in [1.165, 1.54) is 22.5 Å². The molecule has 0 atom stereocenters. The molecule has 0 unspecified atom stereocenters. The zero-order valence-corrected chi connectivity index (χ0v) is 18.7. The van der Waals surface area contributed by atoms with Gasteiger partial charge < -0.3 is 4.42 Å². The minimum Gasteiger partial charge on any atom is -0.444 e. The van der Waals surface area contributed by atoms with Crippen LogP contribution in [-0.2, 0) is 14.8 Å². The number of furan rings is 1. The Bertz CT molecular complexity index is 1120. The predicted octanol–water partition coefficient (Wildman–Crippen LogP) is 3.02. The second-order valence-corrected chi connectivity index (χ2v) is 9.65. The van der Waals surface area contributed by atoms with Gasteiger partial charge in [0.1, 0.15) is 22.3 Å². The number of nitriles is 1. The van der Waals surface area contributed by atoms with Gasteiger partial charge in [0, 0.05) is 36.8 Å². The number of halogens is 2. The van der Waals surface area contributed by atoms with Crippen molar-refractivity contribution in [3.8, 4) is 6.07 Å². The molecule has 0 bridgehead atoms. The standard InChI is InChI=1S/C19H20Cl2N4O4S/c1-12-13(2)29-19(15(12)10-22)23-18(26)11-24-5-7-25(8-6-24)30(27,28)17-9-14(20)3-4-16(17)21/h3-4,9H,5-8,11H2,1-2H3,(H,23,26). The van der Waals surface area contributed by atoms with Gasteiger partial charge in [-0.3, -0.25) is 15.0 Å². The van der Waals surface area contributed by atoms with Crippen molar-refractivity contribution in [3.05, 3.63) is 45.1 Å². The van der Waals surface area contributed by atoms with E-state index in [0.717, 1.165) is 0 Å². The lowest BCUT2D eigenvalue weighted by Gasteiger charge is -2.33. The van der Waals surface area contributed by atoms with Gasteiger partial charge in [-0.1, -0.05) is 23.2 Å². The molecule has 1 aromatic heterocycles. The van der Waals surface area contributed by atoms with Crippen molar-refractivity contribution < 1.29 is 17.6 Å². The highest BCUT2D eigenvalue weighted by molar-refractivity contribution is 7.89. The number of anilines is 1. The van der Waals surface area contributed by atoms with Gasteiger partial charge in [0.15, 0.2) is 0 Å². The van der Waals surface area contributed by atoms with Gasteiger partial charge in [-0.25, -0.2) is 8.42 Å². The van der Waals surface area contributed by atoms with Crippen molar-refractivity contribution in [1.29, 1.82) is 5.26 Å². The molecule has 1 aromatic carbocycles. The number of hydrogen-bond donors (Lipinski definition) is 1. The van der Waals surface area contributed by atoms with Crippen molar-refractivity contribution in [2.24, 2.45) is 0 Å². The van der Waals surface area contributed by atoms with E-state index in [0.29, 0.717) is 30.0 Å². The quantitative estimate of drug-likeness (QED) is 0.719. The first-order chi connectivity index (χ1) is 14.1. The molecule has 1 fully saturated rings. The maximum Gasteiger partial charge on any atom is 0.244 e. The summed E-state index contributed by atoms with van der Waals surface area (Å²) in [4.78, 5) is 14.2. The Hall–Kier alpha value is -2.09. The van der Waals surface area contributed by atoms with Gasteiger partial charge in [0.2, 0.25) is 21.8 Å². The number of nitrogens with one attached hydrogen (secondary N) is 1. The zero-order valence-electron chi connectivity index (χ0n) is 16.4. The minimum absolute atomic E-state index is 0.0320. The van der Waals surface area contributed by atoms with E-state index in [-0.39, 0.29) is 46.4 Å². The molecule has 30 heavy (non-hydrogen) atoms. The van der Waals surface area contributed by atoms with Gasteiger partial charge in [-0.05, 0) is 32.0 Å². The fraction of sp³-hybridized carbons (Fsp3) is 0.368. The lowest BCUT2D eigenvalue weighted by Crippen LogP contribution is -2.50. The fourth-order valence-electron chi connectivity index (χ4n) is 3.16. The molecule has 2 aromatic rings. The molecular formula is C19H20Cl2N4O4S. The summed E-state index contributed by atoms with van der Waals surface area (Å²) < 4.78 is 32.5. The fourth-order valence-corrected chi connectivity index (χ4v) is 5.32. The van der Waals surface area contributed by atoms with Crippen LogP contribution in [0, 0.1) is 25.2 Å². The summed E-state index contributed by atoms with van der Waals surface area (Å²) >= 11 is 12.0. The number of carbonyl (C=O) groups excluding carboxylic acids is 1. The maximum atomic E-state index is 12.9. The van der Waals surface area contributed by atoms with E-state index in [1.54, 1.807) is 13.8 Å². The van der Waals surface area contributed by atoms with Crippen LogP contribution in [0.15, 0.2) is 27.5 Å². The molecule has 0 radical (unpaired) electrons. The van der Waals surface area contributed by atoms with Gasteiger partial charge in [-0.15, -0.1) is 0 Å². The van der Waals surface area contributed by atoms with Crippen LogP contribution in [0.5, 0.6) is 0 Å². The van der Waals surface area contributed by atoms with Crippen LogP contribution in [0.1, 0.15) is 16.9 Å². The van der Waals surface area contributed by atoms with Crippen LogP contribution < -0.4 is 5.32 Å². The van der Waals surface area contributed by atoms with Crippen LogP contribution in [0.4, 0.5) is 5.88 Å². The van der Waals surface area contributed by atoms with Gasteiger partial charge >= 0.3 is 0 Å². The number of carbonyl (C=O) groups is 1. The molecule has 1 saturated heterocycles. The Morgan fingerprint density at radius 2 is 1.90 bits per heavy atom. The normalized spacial score (nSPS) is 15.7. The van der Waals surface area contributed by atoms with Crippen molar-refractivity contribution in [2.75, 3.05) is 38.0 Å². The number of benzene rings is 1. The van der Waals surface area contributed by atoms with E-state index in [4.69, 9.17) is 27.6 Å². The van der Waals surface area contributed by atoms with Crippen molar-refractivity contribution in [3.63, 3.8) is 0 Å². The average Bonchev–Trinajstić information content (AvgIpc) is 2.96. The smallest absolute Gasteiger partial charge is 0.244 e. The summed E-state index contributed by atoms with van der Waals surface area (Å²) in [6, 6.07) is 6.33. The first-order valence-electron chi connectivity index (χ1n) is 9.11. The molecule has 1 amide bonds. The molecule has 1 N–H and O–H groups in total. The molecule has 0 spiro atoms. The largest absolute Gasteiger partial charge is 0.444 e. The molecule has 0 aliphatic carbocycles. The van der Waals surface area contributed by atoms with Crippen molar-refractivity contribution >= 4 is 45.0 Å². The molecule has 1 aliphatic rings. The van der Waals surface area contributed by atoms with Gasteiger partial charge in [0.05, 0.1) is 11.6 Å². The lowest BCUT2D eigenvalue weighted by atomic mass is 10.2. The first kappa shape index (κ1) is 22.6. The highest BCUT2D eigenvalue weighted by Crippen LogP contribution is 2.28. The van der Waals surface area contributed by atoms with E-state index in [9.17, 15) is 18.5 Å². The Morgan fingerprint density at radius 3 is 2.53 bits per heavy atom. The highest BCUT2D eigenvalue weighted by Gasteiger charge is 2.31. The molecule has 0 saturated carbocycles. The molecule has 2 heterocycles. The lowest BCUT2D eigenvalue weighted by molar-refractivity contribution is -0.117. The number of nitrogens with zero attached hydrogens (tertiary/aromatic N) is 3. The van der Waals surface area contributed by atoms with Crippen LogP contribution in [0.25, 0.3) is 0 Å². The molecule has 8 nitrogen and oxygen atoms in total.